The fourth-order valence-corrected chi connectivity index (χ4v) is 3.80. The molecule has 3 aliphatic heterocycles. The van der Waals surface area contributed by atoms with E-state index in [1.807, 2.05) is 0 Å². The minimum Gasteiger partial charge on any atom is -0.373 e. The summed E-state index contributed by atoms with van der Waals surface area (Å²) in [4.78, 5) is 37.0. The van der Waals surface area contributed by atoms with Crippen molar-refractivity contribution in [3.8, 4) is 0 Å². The monoisotopic (exact) mass is 354 g/mol. The van der Waals surface area contributed by atoms with E-state index in [-0.39, 0.29) is 17.8 Å². The summed E-state index contributed by atoms with van der Waals surface area (Å²) < 4.78 is 43.2. The van der Waals surface area contributed by atoms with Gasteiger partial charge in [0.25, 0.3) is 17.7 Å². The Labute approximate surface area is 139 Å². The number of hydrazine groups is 1. The van der Waals surface area contributed by atoms with E-state index in [0.29, 0.717) is 17.9 Å². The lowest BCUT2D eigenvalue weighted by Crippen LogP contribution is -2.47. The largest absolute Gasteiger partial charge is 0.416 e. The number of halogens is 3. The number of carbonyl (C=O) groups is 3. The molecule has 4 rings (SSSR count). The fraction of sp³-hybridized carbons (Fsp3) is 0.438. The van der Waals surface area contributed by atoms with Crippen LogP contribution in [0.25, 0.3) is 0 Å². The number of hydrogen-bond donors (Lipinski definition) is 1. The lowest BCUT2D eigenvalue weighted by molar-refractivity contribution is -0.145. The predicted molar refractivity (Wildman–Crippen MR) is 75.6 cm³/mol. The van der Waals surface area contributed by atoms with Gasteiger partial charge in [0.1, 0.15) is 0 Å². The van der Waals surface area contributed by atoms with Crippen molar-refractivity contribution in [3.63, 3.8) is 0 Å². The van der Waals surface area contributed by atoms with Crippen LogP contribution in [0, 0.1) is 11.8 Å². The normalized spacial score (nSPS) is 30.8. The first-order chi connectivity index (χ1) is 11.8. The standard InChI is InChI=1S/C16H13F3N2O4/c17-16(18,19)8-3-1-7(2-4-8)13(22)20-21-14(23)11-9-5-6-10(25-9)12(11)15(21)24/h1-4,9-12H,5-6H2,(H,20,22)/t9-,10+,11-,12+. The van der Waals surface area contributed by atoms with E-state index >= 15 is 0 Å². The van der Waals surface area contributed by atoms with Gasteiger partial charge in [-0.05, 0) is 37.1 Å². The van der Waals surface area contributed by atoms with Gasteiger partial charge in [-0.2, -0.15) is 18.2 Å². The fourth-order valence-electron chi connectivity index (χ4n) is 3.80. The van der Waals surface area contributed by atoms with Gasteiger partial charge in [-0.25, -0.2) is 0 Å². The van der Waals surface area contributed by atoms with E-state index in [0.717, 1.165) is 24.3 Å². The molecule has 3 heterocycles. The van der Waals surface area contributed by atoms with Gasteiger partial charge in [0, 0.05) is 5.56 Å². The van der Waals surface area contributed by atoms with Crippen molar-refractivity contribution in [2.45, 2.75) is 31.2 Å². The van der Waals surface area contributed by atoms with E-state index in [1.165, 1.54) is 0 Å². The lowest BCUT2D eigenvalue weighted by atomic mass is 9.81. The van der Waals surface area contributed by atoms with Gasteiger partial charge in [0.05, 0.1) is 29.6 Å². The summed E-state index contributed by atoms with van der Waals surface area (Å²) in [5.41, 5.74) is 1.24. The molecule has 1 aromatic rings. The molecule has 2 bridgehead atoms. The second-order valence-electron chi connectivity index (χ2n) is 6.37. The summed E-state index contributed by atoms with van der Waals surface area (Å²) >= 11 is 0. The SMILES string of the molecule is O=C(NN1C(=O)[C@@H]2[C@H](C1=O)[C@H]1CC[C@@H]2O1)c1ccc(C(F)(F)F)cc1. The highest BCUT2D eigenvalue weighted by atomic mass is 19.4. The zero-order valence-corrected chi connectivity index (χ0v) is 12.7. The molecule has 25 heavy (non-hydrogen) atoms. The second-order valence-corrected chi connectivity index (χ2v) is 6.37. The van der Waals surface area contributed by atoms with Crippen LogP contribution in [0.5, 0.6) is 0 Å². The molecule has 3 fully saturated rings. The highest BCUT2D eigenvalue weighted by Gasteiger charge is 2.62. The van der Waals surface area contributed by atoms with Crippen molar-refractivity contribution in [3.05, 3.63) is 35.4 Å². The molecule has 9 heteroatoms. The maximum absolute atomic E-state index is 12.6. The van der Waals surface area contributed by atoms with Gasteiger partial charge >= 0.3 is 6.18 Å². The molecule has 0 unspecified atom stereocenters. The first-order valence-corrected chi connectivity index (χ1v) is 7.79. The third-order valence-electron chi connectivity index (χ3n) is 4.97. The zero-order valence-electron chi connectivity index (χ0n) is 12.7. The number of imide groups is 1. The molecular formula is C16H13F3N2O4. The molecule has 6 nitrogen and oxygen atoms in total. The van der Waals surface area contributed by atoms with E-state index in [1.54, 1.807) is 0 Å². The number of alkyl halides is 3. The first-order valence-electron chi connectivity index (χ1n) is 7.79. The number of hydrogen-bond acceptors (Lipinski definition) is 4. The summed E-state index contributed by atoms with van der Waals surface area (Å²) in [6, 6.07) is 3.53. The Balaban J connectivity index is 1.50. The summed E-state index contributed by atoms with van der Waals surface area (Å²) in [6.07, 6.45) is -3.72. The molecule has 0 spiro atoms. The highest BCUT2D eigenvalue weighted by Crippen LogP contribution is 2.48. The molecule has 4 atom stereocenters. The number of ether oxygens (including phenoxy) is 1. The molecule has 0 saturated carbocycles. The molecule has 0 aliphatic carbocycles. The van der Waals surface area contributed by atoms with Gasteiger partial charge in [-0.1, -0.05) is 0 Å². The first kappa shape index (κ1) is 16.1. The predicted octanol–water partition coefficient (Wildman–Crippen LogP) is 1.51. The molecule has 0 aromatic heterocycles. The Hall–Kier alpha value is -2.42. The molecule has 0 radical (unpaired) electrons. The smallest absolute Gasteiger partial charge is 0.373 e. The number of amides is 3. The molecule has 3 aliphatic rings. The molecule has 3 saturated heterocycles. The van der Waals surface area contributed by atoms with Gasteiger partial charge in [-0.3, -0.25) is 19.8 Å². The average molecular weight is 354 g/mol. The van der Waals surface area contributed by atoms with E-state index in [9.17, 15) is 27.6 Å². The van der Waals surface area contributed by atoms with Gasteiger partial charge in [-0.15, -0.1) is 0 Å². The Bertz CT molecular complexity index is 734. The van der Waals surface area contributed by atoms with Gasteiger partial charge in [0.15, 0.2) is 0 Å². The van der Waals surface area contributed by atoms with Crippen LogP contribution in [0.3, 0.4) is 0 Å². The Morgan fingerprint density at radius 3 is 2.04 bits per heavy atom. The number of fused-ring (bicyclic) bond motifs is 5. The number of carbonyl (C=O) groups excluding carboxylic acids is 3. The Kier molecular flexibility index (Phi) is 3.40. The maximum atomic E-state index is 12.6. The van der Waals surface area contributed by atoms with Crippen LogP contribution >= 0.6 is 0 Å². The summed E-state index contributed by atoms with van der Waals surface area (Å²) in [6.45, 7) is 0. The zero-order chi connectivity index (χ0) is 17.9. The maximum Gasteiger partial charge on any atom is 0.416 e. The van der Waals surface area contributed by atoms with Crippen molar-refractivity contribution in [2.24, 2.45) is 11.8 Å². The van der Waals surface area contributed by atoms with Gasteiger partial charge in [0.2, 0.25) is 0 Å². The number of benzene rings is 1. The van der Waals surface area contributed by atoms with E-state index in [2.05, 4.69) is 5.43 Å². The number of rotatable bonds is 2. The second kappa shape index (κ2) is 5.29. The third-order valence-corrected chi connectivity index (χ3v) is 4.97. The van der Waals surface area contributed by atoms with Crippen LogP contribution in [0.1, 0.15) is 28.8 Å². The summed E-state index contributed by atoms with van der Waals surface area (Å²) in [5.74, 6) is -3.04. The Morgan fingerprint density at radius 2 is 1.56 bits per heavy atom. The molecular weight excluding hydrogens is 341 g/mol. The van der Waals surface area contributed by atoms with Crippen molar-refractivity contribution in [1.82, 2.24) is 10.4 Å². The van der Waals surface area contributed by atoms with Crippen LogP contribution in [-0.2, 0) is 20.5 Å². The number of nitrogens with one attached hydrogen (secondary N) is 1. The quantitative estimate of drug-likeness (QED) is 0.817. The number of nitrogens with zero attached hydrogens (tertiary/aromatic N) is 1. The van der Waals surface area contributed by atoms with Crippen molar-refractivity contribution >= 4 is 17.7 Å². The minimum atomic E-state index is -4.51. The van der Waals surface area contributed by atoms with E-state index < -0.39 is 41.3 Å². The van der Waals surface area contributed by atoms with E-state index in [4.69, 9.17) is 4.74 Å². The molecule has 132 valence electrons. The van der Waals surface area contributed by atoms with Crippen molar-refractivity contribution in [2.75, 3.05) is 0 Å². The van der Waals surface area contributed by atoms with Crippen LogP contribution in [0.15, 0.2) is 24.3 Å². The van der Waals surface area contributed by atoms with Crippen LogP contribution < -0.4 is 5.43 Å². The summed E-state index contributed by atoms with van der Waals surface area (Å²) in [7, 11) is 0. The van der Waals surface area contributed by atoms with Crippen molar-refractivity contribution in [1.29, 1.82) is 0 Å². The molecule has 1 aromatic carbocycles. The molecule has 1 N–H and O–H groups in total. The van der Waals surface area contributed by atoms with Crippen LogP contribution in [0.4, 0.5) is 13.2 Å². The highest BCUT2D eigenvalue weighted by molar-refractivity contribution is 6.08. The Morgan fingerprint density at radius 1 is 1.04 bits per heavy atom. The van der Waals surface area contributed by atoms with Gasteiger partial charge < -0.3 is 4.74 Å². The molecule has 3 amide bonds. The average Bonchev–Trinajstić information content (AvgIpc) is 3.24. The van der Waals surface area contributed by atoms with Crippen molar-refractivity contribution < 1.29 is 32.3 Å². The topological polar surface area (TPSA) is 75.7 Å². The van der Waals surface area contributed by atoms with Crippen LogP contribution in [0.2, 0.25) is 0 Å². The van der Waals surface area contributed by atoms with Crippen LogP contribution in [-0.4, -0.2) is 34.9 Å². The lowest BCUT2D eigenvalue weighted by Gasteiger charge is -2.18. The third kappa shape index (κ3) is 2.41. The summed E-state index contributed by atoms with van der Waals surface area (Å²) in [5, 5.41) is 0.684. The minimum absolute atomic E-state index is 0.0788.